The summed E-state index contributed by atoms with van der Waals surface area (Å²) >= 11 is 0. The minimum atomic E-state index is -0.294. The molecule has 1 aliphatic heterocycles. The van der Waals surface area contributed by atoms with Gasteiger partial charge in [-0.25, -0.2) is 4.98 Å². The predicted molar refractivity (Wildman–Crippen MR) is 59.3 cm³/mol. The van der Waals surface area contributed by atoms with E-state index in [1.807, 2.05) is 0 Å². The van der Waals surface area contributed by atoms with Gasteiger partial charge >= 0.3 is 0 Å². The Hall–Kier alpha value is -1.92. The van der Waals surface area contributed by atoms with Crippen molar-refractivity contribution in [3.05, 3.63) is 11.6 Å². The summed E-state index contributed by atoms with van der Waals surface area (Å²) in [6.45, 7) is 3.06. The van der Waals surface area contributed by atoms with Crippen molar-refractivity contribution in [2.75, 3.05) is 26.7 Å². The van der Waals surface area contributed by atoms with Crippen molar-refractivity contribution >= 4 is 11.8 Å². The van der Waals surface area contributed by atoms with E-state index in [2.05, 4.69) is 15.2 Å². The smallest absolute Gasteiger partial charge is 0.293 e. The van der Waals surface area contributed by atoms with Crippen LogP contribution < -0.4 is 0 Å². The van der Waals surface area contributed by atoms with Gasteiger partial charge in [-0.05, 0) is 13.3 Å². The maximum Gasteiger partial charge on any atom is 0.293 e. The fourth-order valence-corrected chi connectivity index (χ4v) is 1.74. The van der Waals surface area contributed by atoms with Crippen LogP contribution in [0.15, 0.2) is 0 Å². The van der Waals surface area contributed by atoms with Crippen LogP contribution in [0.3, 0.4) is 0 Å². The number of carbonyl (C=O) groups is 2. The van der Waals surface area contributed by atoms with Crippen LogP contribution in [0.25, 0.3) is 0 Å². The third kappa shape index (κ3) is 2.43. The van der Waals surface area contributed by atoms with Crippen molar-refractivity contribution in [1.82, 2.24) is 25.0 Å². The number of H-pyrrole nitrogens is 1. The maximum atomic E-state index is 12.0. The van der Waals surface area contributed by atoms with Crippen LogP contribution in [0.2, 0.25) is 0 Å². The Morgan fingerprint density at radius 3 is 2.82 bits per heavy atom. The number of aryl methyl sites for hydroxylation is 1. The Bertz CT molecular complexity index is 442. The van der Waals surface area contributed by atoms with Gasteiger partial charge in [-0.1, -0.05) is 0 Å². The van der Waals surface area contributed by atoms with E-state index in [-0.39, 0.29) is 24.2 Å². The molecule has 1 saturated heterocycles. The molecule has 0 aliphatic carbocycles. The molecule has 2 amide bonds. The lowest BCUT2D eigenvalue weighted by Gasteiger charge is -2.17. The summed E-state index contributed by atoms with van der Waals surface area (Å²) in [5.41, 5.74) is 0. The third-order valence-corrected chi connectivity index (χ3v) is 2.75. The molecule has 1 aromatic heterocycles. The molecular formula is C10H15N5O2. The highest BCUT2D eigenvalue weighted by Gasteiger charge is 2.25. The van der Waals surface area contributed by atoms with Gasteiger partial charge in [-0.15, -0.1) is 5.10 Å². The molecule has 7 heteroatoms. The quantitative estimate of drug-likeness (QED) is 0.708. The van der Waals surface area contributed by atoms with Gasteiger partial charge in [-0.2, -0.15) is 0 Å². The number of hydrogen-bond donors (Lipinski definition) is 1. The summed E-state index contributed by atoms with van der Waals surface area (Å²) < 4.78 is 0. The average molecular weight is 237 g/mol. The Labute approximate surface area is 98.8 Å². The van der Waals surface area contributed by atoms with Gasteiger partial charge in [0.15, 0.2) is 0 Å². The third-order valence-electron chi connectivity index (χ3n) is 2.75. The van der Waals surface area contributed by atoms with Crippen molar-refractivity contribution < 1.29 is 9.59 Å². The molecule has 17 heavy (non-hydrogen) atoms. The van der Waals surface area contributed by atoms with Gasteiger partial charge in [0.05, 0.1) is 0 Å². The molecule has 2 rings (SSSR count). The lowest BCUT2D eigenvalue weighted by molar-refractivity contribution is -0.129. The van der Waals surface area contributed by atoms with Crippen LogP contribution in [0.4, 0.5) is 0 Å². The van der Waals surface area contributed by atoms with Crippen molar-refractivity contribution in [3.8, 4) is 0 Å². The number of rotatable bonds is 1. The summed E-state index contributed by atoms with van der Waals surface area (Å²) in [5.74, 6) is 0.368. The molecule has 92 valence electrons. The van der Waals surface area contributed by atoms with Crippen LogP contribution in [-0.4, -0.2) is 63.5 Å². The first-order valence-corrected chi connectivity index (χ1v) is 5.50. The van der Waals surface area contributed by atoms with E-state index in [9.17, 15) is 9.59 Å². The largest absolute Gasteiger partial charge is 0.344 e. The summed E-state index contributed by atoms with van der Waals surface area (Å²) in [4.78, 5) is 30.8. The Balaban J connectivity index is 2.11. The fourth-order valence-electron chi connectivity index (χ4n) is 1.74. The van der Waals surface area contributed by atoms with E-state index in [0.717, 1.165) is 6.42 Å². The average Bonchev–Trinajstić information content (AvgIpc) is 2.65. The zero-order chi connectivity index (χ0) is 12.4. The molecule has 1 N–H and O–H groups in total. The van der Waals surface area contributed by atoms with Crippen LogP contribution in [0, 0.1) is 6.92 Å². The second-order valence-electron chi connectivity index (χ2n) is 4.14. The first-order chi connectivity index (χ1) is 8.08. The number of amides is 2. The number of likely N-dealkylation sites (N-methyl/N-ethyl adjacent to an activating group) is 1. The topological polar surface area (TPSA) is 82.2 Å². The molecule has 0 bridgehead atoms. The van der Waals surface area contributed by atoms with Crippen LogP contribution in [0.5, 0.6) is 0 Å². The summed E-state index contributed by atoms with van der Waals surface area (Å²) in [5, 5.41) is 6.43. The van der Waals surface area contributed by atoms with E-state index in [0.29, 0.717) is 18.9 Å². The molecular weight excluding hydrogens is 222 g/mol. The van der Waals surface area contributed by atoms with E-state index < -0.39 is 0 Å². The lowest BCUT2D eigenvalue weighted by Crippen LogP contribution is -2.38. The first-order valence-electron chi connectivity index (χ1n) is 5.50. The fraction of sp³-hybridized carbons (Fsp3) is 0.600. The molecule has 1 aromatic rings. The lowest BCUT2D eigenvalue weighted by atomic mass is 10.3. The number of aromatic nitrogens is 3. The number of nitrogens with zero attached hydrogens (tertiary/aromatic N) is 4. The van der Waals surface area contributed by atoms with Gasteiger partial charge in [0.2, 0.25) is 11.7 Å². The molecule has 0 saturated carbocycles. The SMILES string of the molecule is Cc1nc(C(=O)N2CCCN(C)C(=O)C2)n[nH]1. The Morgan fingerprint density at radius 1 is 1.41 bits per heavy atom. The highest BCUT2D eigenvalue weighted by Crippen LogP contribution is 2.06. The van der Waals surface area contributed by atoms with Gasteiger partial charge in [0, 0.05) is 20.1 Å². The van der Waals surface area contributed by atoms with Gasteiger partial charge < -0.3 is 9.80 Å². The van der Waals surface area contributed by atoms with Crippen molar-refractivity contribution in [2.24, 2.45) is 0 Å². The summed E-state index contributed by atoms with van der Waals surface area (Å²) in [6.07, 6.45) is 0.775. The number of carbonyl (C=O) groups excluding carboxylic acids is 2. The molecule has 1 fully saturated rings. The number of hydrogen-bond acceptors (Lipinski definition) is 4. The highest BCUT2D eigenvalue weighted by atomic mass is 16.2. The number of nitrogens with one attached hydrogen (secondary N) is 1. The zero-order valence-corrected chi connectivity index (χ0v) is 9.93. The molecule has 2 heterocycles. The molecule has 0 radical (unpaired) electrons. The van der Waals surface area contributed by atoms with E-state index in [4.69, 9.17) is 0 Å². The molecule has 0 spiro atoms. The zero-order valence-electron chi connectivity index (χ0n) is 9.93. The van der Waals surface area contributed by atoms with E-state index in [1.54, 1.807) is 18.9 Å². The highest BCUT2D eigenvalue weighted by molar-refractivity contribution is 5.93. The van der Waals surface area contributed by atoms with Gasteiger partial charge in [0.1, 0.15) is 12.4 Å². The Kier molecular flexibility index (Phi) is 3.08. The minimum Gasteiger partial charge on any atom is -0.344 e. The maximum absolute atomic E-state index is 12.0. The van der Waals surface area contributed by atoms with Crippen molar-refractivity contribution in [1.29, 1.82) is 0 Å². The Morgan fingerprint density at radius 2 is 2.18 bits per heavy atom. The van der Waals surface area contributed by atoms with E-state index in [1.165, 1.54) is 4.90 Å². The molecule has 0 aromatic carbocycles. The van der Waals surface area contributed by atoms with Gasteiger partial charge in [0.25, 0.3) is 5.91 Å². The molecule has 7 nitrogen and oxygen atoms in total. The van der Waals surface area contributed by atoms with Crippen LogP contribution in [0.1, 0.15) is 22.9 Å². The van der Waals surface area contributed by atoms with Crippen molar-refractivity contribution in [3.63, 3.8) is 0 Å². The van der Waals surface area contributed by atoms with E-state index >= 15 is 0 Å². The first kappa shape index (κ1) is 11.6. The number of aromatic amines is 1. The monoisotopic (exact) mass is 237 g/mol. The van der Waals surface area contributed by atoms with Crippen molar-refractivity contribution in [2.45, 2.75) is 13.3 Å². The second-order valence-corrected chi connectivity index (χ2v) is 4.14. The minimum absolute atomic E-state index is 0.0527. The second kappa shape index (κ2) is 4.52. The molecule has 0 atom stereocenters. The van der Waals surface area contributed by atoms with Crippen LogP contribution >= 0.6 is 0 Å². The molecule has 1 aliphatic rings. The normalized spacial score (nSPS) is 17.2. The standard InChI is InChI=1S/C10H15N5O2/c1-7-11-9(13-12-7)10(17)15-5-3-4-14(2)8(16)6-15/h3-6H2,1-2H3,(H,11,12,13). The summed E-state index contributed by atoms with van der Waals surface area (Å²) in [6, 6.07) is 0. The molecule has 0 unspecified atom stereocenters. The van der Waals surface area contributed by atoms with Crippen LogP contribution in [-0.2, 0) is 4.79 Å². The predicted octanol–water partition coefficient (Wildman–Crippen LogP) is -0.583. The van der Waals surface area contributed by atoms with Gasteiger partial charge in [-0.3, -0.25) is 14.7 Å². The summed E-state index contributed by atoms with van der Waals surface area (Å²) in [7, 11) is 1.74.